The van der Waals surface area contributed by atoms with Crippen molar-refractivity contribution in [3.8, 4) is 50.7 Å². The van der Waals surface area contributed by atoms with Crippen LogP contribution in [0.2, 0.25) is 0 Å². The molecular formula is C67H49N6OPt-3. The number of hydrogen-bond acceptors (Lipinski definition) is 5. The van der Waals surface area contributed by atoms with Crippen molar-refractivity contribution in [2.24, 2.45) is 0 Å². The van der Waals surface area contributed by atoms with Crippen LogP contribution in [0, 0.1) is 18.8 Å². The molecule has 0 radical (unpaired) electrons. The zero-order valence-electron chi connectivity index (χ0n) is 41.8. The summed E-state index contributed by atoms with van der Waals surface area (Å²) in [5, 5.41) is 0. The van der Waals surface area contributed by atoms with Gasteiger partial charge in [0.25, 0.3) is 0 Å². The van der Waals surface area contributed by atoms with Crippen LogP contribution in [0.15, 0.2) is 219 Å². The molecule has 0 fully saturated rings. The van der Waals surface area contributed by atoms with E-state index in [9.17, 15) is 0 Å². The van der Waals surface area contributed by atoms with Crippen LogP contribution in [-0.2, 0) is 31.9 Å². The van der Waals surface area contributed by atoms with E-state index in [1.54, 1.807) is 0 Å². The molecule has 0 unspecified atom stereocenters. The number of benzene rings is 9. The second-order valence-corrected chi connectivity index (χ2v) is 20.5. The summed E-state index contributed by atoms with van der Waals surface area (Å²) in [6.07, 6.45) is 1.92. The maximum absolute atomic E-state index is 6.81. The van der Waals surface area contributed by atoms with Crippen LogP contribution in [0.25, 0.3) is 67.0 Å². The smallest absolute Gasteiger partial charge is 0.208 e. The minimum atomic E-state index is -0.404. The van der Waals surface area contributed by atoms with E-state index in [2.05, 4.69) is 253 Å². The molecule has 0 spiro atoms. The van der Waals surface area contributed by atoms with E-state index < -0.39 is 5.41 Å². The number of para-hydroxylation sites is 4. The third-order valence-electron chi connectivity index (χ3n) is 15.1. The molecule has 1 aliphatic heterocycles. The first-order valence-electron chi connectivity index (χ1n) is 25.2. The van der Waals surface area contributed by atoms with Crippen LogP contribution in [0.5, 0.6) is 11.5 Å². The van der Waals surface area contributed by atoms with Crippen LogP contribution in [-0.4, -0.2) is 18.9 Å². The van der Waals surface area contributed by atoms with Gasteiger partial charge < -0.3 is 18.9 Å². The van der Waals surface area contributed by atoms with Gasteiger partial charge in [-0.15, -0.1) is 48.8 Å². The average Bonchev–Trinajstić information content (AvgIpc) is 4.19. The van der Waals surface area contributed by atoms with Gasteiger partial charge in [0.15, 0.2) is 0 Å². The van der Waals surface area contributed by atoms with Crippen molar-refractivity contribution in [3.63, 3.8) is 0 Å². The van der Waals surface area contributed by atoms with Crippen molar-refractivity contribution in [3.05, 3.63) is 260 Å². The van der Waals surface area contributed by atoms with Crippen molar-refractivity contribution >= 4 is 50.6 Å². The molecule has 9 aromatic carbocycles. The molecule has 75 heavy (non-hydrogen) atoms. The molecule has 3 aromatic heterocycles. The number of anilines is 4. The second kappa shape index (κ2) is 17.9. The monoisotopic (exact) mass is 1150 g/mol. The molecule has 0 saturated carbocycles. The number of rotatable bonds is 8. The summed E-state index contributed by atoms with van der Waals surface area (Å²) >= 11 is 0. The summed E-state index contributed by atoms with van der Waals surface area (Å²) in [6, 6.07) is 82.5. The van der Waals surface area contributed by atoms with E-state index in [1.807, 2.05) is 30.5 Å². The summed E-state index contributed by atoms with van der Waals surface area (Å²) < 4.78 is 11.1. The number of ether oxygens (including phenoxy) is 1. The molecule has 2 aliphatic rings. The molecule has 0 amide bonds. The molecule has 7 nitrogen and oxygen atoms in total. The van der Waals surface area contributed by atoms with E-state index in [-0.39, 0.29) is 26.5 Å². The molecule has 1 aliphatic carbocycles. The number of nitrogens with zero attached hydrogens (tertiary/aromatic N) is 6. The van der Waals surface area contributed by atoms with Crippen molar-refractivity contribution in [1.82, 2.24) is 18.9 Å². The first kappa shape index (κ1) is 46.3. The van der Waals surface area contributed by atoms with E-state index in [0.29, 0.717) is 11.5 Å². The summed E-state index contributed by atoms with van der Waals surface area (Å²) in [5.74, 6) is 2.60. The Balaban J connectivity index is 0.00000541. The topological polar surface area (TPSA) is 50.8 Å². The number of aromatic nitrogens is 4. The van der Waals surface area contributed by atoms with Gasteiger partial charge in [-0.2, -0.15) is 6.07 Å². The van der Waals surface area contributed by atoms with Gasteiger partial charge in [-0.1, -0.05) is 154 Å². The predicted molar refractivity (Wildman–Crippen MR) is 300 cm³/mol. The van der Waals surface area contributed by atoms with Gasteiger partial charge in [0, 0.05) is 72.4 Å². The minimum absolute atomic E-state index is 0. The van der Waals surface area contributed by atoms with Gasteiger partial charge in [0.1, 0.15) is 5.82 Å². The van der Waals surface area contributed by atoms with Crippen molar-refractivity contribution in [1.29, 1.82) is 0 Å². The molecule has 14 rings (SSSR count). The Labute approximate surface area is 451 Å². The Morgan fingerprint density at radius 1 is 0.547 bits per heavy atom. The molecule has 8 heteroatoms. The van der Waals surface area contributed by atoms with E-state index in [0.717, 1.165) is 84.2 Å². The van der Waals surface area contributed by atoms with E-state index in [1.165, 1.54) is 27.8 Å². The standard InChI is InChI=1S/C67H49N6O.Pt/c1-66(2,3)47-38-53(44-20-7-5-8-21-44)64(54(39-47)45-22-9-6-10-23-45)71-43-70(59-32-17-18-33-60(59)71)48-24-19-25-49(41-48)74-50-34-35-61-62(42-50)73(65-69-57-30-15-16-31-58(57)72(61)65)63-40-46(36-37-68-63)67(4)55-28-13-11-26-51(55)52-27-12-14-29-56(52)67;/h5-40,43H,1-4H3;/q-3;. The fourth-order valence-corrected chi connectivity index (χ4v) is 11.4. The summed E-state index contributed by atoms with van der Waals surface area (Å²) in [5.41, 5.74) is 19.3. The van der Waals surface area contributed by atoms with Gasteiger partial charge >= 0.3 is 0 Å². The van der Waals surface area contributed by atoms with E-state index >= 15 is 0 Å². The van der Waals surface area contributed by atoms with Crippen molar-refractivity contribution in [2.45, 2.75) is 38.5 Å². The minimum Gasteiger partial charge on any atom is -0.509 e. The Kier molecular flexibility index (Phi) is 11.0. The Morgan fingerprint density at radius 2 is 1.15 bits per heavy atom. The summed E-state index contributed by atoms with van der Waals surface area (Å²) in [4.78, 5) is 14.9. The molecule has 0 bridgehead atoms. The Bertz CT molecular complexity index is 4070. The normalized spacial score (nSPS) is 13.5. The number of pyridine rings is 1. The van der Waals surface area contributed by atoms with Gasteiger partial charge in [0.2, 0.25) is 5.78 Å². The number of fused-ring (bicyclic) bond motifs is 9. The molecule has 4 heterocycles. The third kappa shape index (κ3) is 7.43. The number of hydrogen-bond donors (Lipinski definition) is 0. The van der Waals surface area contributed by atoms with E-state index in [4.69, 9.17) is 14.7 Å². The second-order valence-electron chi connectivity index (χ2n) is 20.5. The zero-order chi connectivity index (χ0) is 49.7. The van der Waals surface area contributed by atoms with Crippen molar-refractivity contribution in [2.75, 3.05) is 9.80 Å². The quantitative estimate of drug-likeness (QED) is 0.142. The van der Waals surface area contributed by atoms with Gasteiger partial charge in [0.05, 0.1) is 11.0 Å². The predicted octanol–water partition coefficient (Wildman–Crippen LogP) is 16.6. The van der Waals surface area contributed by atoms with Gasteiger partial charge in [-0.25, -0.2) is 9.97 Å². The van der Waals surface area contributed by atoms with Crippen molar-refractivity contribution < 1.29 is 25.8 Å². The summed E-state index contributed by atoms with van der Waals surface area (Å²) in [6.45, 7) is 11.4. The molecule has 0 saturated heterocycles. The molecule has 0 N–H and O–H groups in total. The first-order chi connectivity index (χ1) is 36.2. The van der Waals surface area contributed by atoms with Gasteiger partial charge in [-0.3, -0.25) is 4.57 Å². The van der Waals surface area contributed by atoms with Crippen LogP contribution in [0.1, 0.15) is 49.9 Å². The summed E-state index contributed by atoms with van der Waals surface area (Å²) in [7, 11) is 0. The fourth-order valence-electron chi connectivity index (χ4n) is 11.4. The first-order valence-corrected chi connectivity index (χ1v) is 25.2. The van der Waals surface area contributed by atoms with Crippen LogP contribution >= 0.6 is 0 Å². The largest absolute Gasteiger partial charge is 0.509 e. The molecule has 0 atom stereocenters. The maximum atomic E-state index is 6.81. The Hall–Kier alpha value is -8.51. The average molecular weight is 1150 g/mol. The van der Waals surface area contributed by atoms with Crippen LogP contribution < -0.4 is 14.5 Å². The zero-order valence-corrected chi connectivity index (χ0v) is 44.0. The number of imidazole rings is 2. The third-order valence-corrected chi connectivity index (χ3v) is 15.1. The molecule has 366 valence electrons. The SMILES string of the molecule is CC(C)(C)c1cc(-c2ccccc2)c(N2[CH-]N(c3[c-]c(Oc4[c-]c5c(cc4)n4c6ccccc6nc4n5-c4cc(C5(C)c6ccccc6-c6ccccc65)ccn4)ccc3)c3ccccc32)c(-c2ccccc2)c1.[Pt]. The molecule has 12 aromatic rings. The molecular weight excluding hydrogens is 1100 g/mol. The fraction of sp³-hybridized carbons (Fsp3) is 0.0896. The maximum Gasteiger partial charge on any atom is 0.208 e. The van der Waals surface area contributed by atoms with Crippen LogP contribution in [0.3, 0.4) is 0 Å². The van der Waals surface area contributed by atoms with Crippen LogP contribution in [0.4, 0.5) is 22.7 Å². The van der Waals surface area contributed by atoms with Gasteiger partial charge in [-0.05, 0) is 116 Å². The Morgan fingerprint density at radius 3 is 1.83 bits per heavy atom.